The Morgan fingerprint density at radius 2 is 1.74 bits per heavy atom. The second-order valence-corrected chi connectivity index (χ2v) is 6.75. The molecule has 0 aromatic heterocycles. The molecule has 0 aliphatic heterocycles. The van der Waals surface area contributed by atoms with Gasteiger partial charge in [-0.25, -0.2) is 4.79 Å². The lowest BCUT2D eigenvalue weighted by atomic mass is 10.1. The highest BCUT2D eigenvalue weighted by atomic mass is 79.9. The first-order valence-corrected chi connectivity index (χ1v) is 8.68. The first-order valence-electron chi connectivity index (χ1n) is 6.85. The van der Waals surface area contributed by atoms with Crippen molar-refractivity contribution < 1.29 is 14.3 Å². The van der Waals surface area contributed by atoms with Crippen LogP contribution in [0, 0.1) is 0 Å². The second kappa shape index (κ2) is 8.26. The van der Waals surface area contributed by atoms with Crippen LogP contribution in [0.4, 0.5) is 5.69 Å². The number of ether oxygens (including phenoxy) is 1. The Kier molecular flexibility index (Phi) is 6.36. The van der Waals surface area contributed by atoms with Crippen LogP contribution in [0.2, 0.25) is 0 Å². The maximum absolute atomic E-state index is 12.4. The first-order chi connectivity index (χ1) is 11.0. The maximum atomic E-state index is 12.4. The van der Waals surface area contributed by atoms with Crippen LogP contribution in [0.1, 0.15) is 20.7 Å². The van der Waals surface area contributed by atoms with Crippen LogP contribution in [0.5, 0.6) is 0 Å². The van der Waals surface area contributed by atoms with Gasteiger partial charge in [0.15, 0.2) is 0 Å². The minimum atomic E-state index is -0.466. The highest BCUT2D eigenvalue weighted by Crippen LogP contribution is 2.31. The molecule has 2 aromatic rings. The zero-order valence-electron chi connectivity index (χ0n) is 12.3. The van der Waals surface area contributed by atoms with Gasteiger partial charge < -0.3 is 10.1 Å². The molecule has 0 unspecified atom stereocenters. The largest absolute Gasteiger partial charge is 0.465 e. The summed E-state index contributed by atoms with van der Waals surface area (Å²) in [5.74, 6) is -0.656. The molecule has 6 heteroatoms. The van der Waals surface area contributed by atoms with Crippen LogP contribution in [0.3, 0.4) is 0 Å². The van der Waals surface area contributed by atoms with Crippen LogP contribution in [0.25, 0.3) is 0 Å². The molecule has 0 spiro atoms. The summed E-state index contributed by atoms with van der Waals surface area (Å²) in [6, 6.07) is 16.3. The van der Waals surface area contributed by atoms with Crippen molar-refractivity contribution in [1.29, 1.82) is 0 Å². The third kappa shape index (κ3) is 4.65. The number of amides is 1. The van der Waals surface area contributed by atoms with Crippen LogP contribution < -0.4 is 5.32 Å². The van der Waals surface area contributed by atoms with Crippen molar-refractivity contribution in [2.45, 2.75) is 9.65 Å². The number of carbonyl (C=O) groups excluding carboxylic acids is 2. The number of nitrogens with one attached hydrogen (secondary N) is 1. The minimum absolute atomic E-state index is 0.174. The molecule has 2 atom stereocenters. The SMILES string of the molecule is COC(=O)c1cccc(NC(=O)[C@@H](Br)[C@@H](Br)c2ccccc2)c1. The van der Waals surface area contributed by atoms with Gasteiger partial charge in [0.1, 0.15) is 4.83 Å². The van der Waals surface area contributed by atoms with E-state index in [-0.39, 0.29) is 10.7 Å². The molecule has 0 aliphatic rings. The van der Waals surface area contributed by atoms with E-state index in [4.69, 9.17) is 0 Å². The number of rotatable bonds is 5. The van der Waals surface area contributed by atoms with Gasteiger partial charge in [-0.2, -0.15) is 0 Å². The van der Waals surface area contributed by atoms with Crippen LogP contribution in [-0.4, -0.2) is 23.8 Å². The van der Waals surface area contributed by atoms with Gasteiger partial charge in [-0.3, -0.25) is 4.79 Å². The smallest absolute Gasteiger partial charge is 0.337 e. The van der Waals surface area contributed by atoms with Crippen molar-refractivity contribution in [1.82, 2.24) is 0 Å². The highest BCUT2D eigenvalue weighted by Gasteiger charge is 2.25. The van der Waals surface area contributed by atoms with E-state index in [9.17, 15) is 9.59 Å². The Balaban J connectivity index is 2.08. The molecule has 0 saturated heterocycles. The lowest BCUT2D eigenvalue weighted by Gasteiger charge is -2.17. The van der Waals surface area contributed by atoms with E-state index in [0.717, 1.165) is 5.56 Å². The Morgan fingerprint density at radius 3 is 2.39 bits per heavy atom. The Labute approximate surface area is 151 Å². The van der Waals surface area contributed by atoms with Gasteiger partial charge in [-0.15, -0.1) is 0 Å². The molecule has 2 aromatic carbocycles. The third-order valence-corrected chi connectivity index (χ3v) is 5.89. The summed E-state index contributed by atoms with van der Waals surface area (Å²) < 4.78 is 4.67. The van der Waals surface area contributed by atoms with Crippen LogP contribution in [-0.2, 0) is 9.53 Å². The zero-order valence-corrected chi connectivity index (χ0v) is 15.5. The van der Waals surface area contributed by atoms with Gasteiger partial charge in [0, 0.05) is 5.69 Å². The van der Waals surface area contributed by atoms with Gasteiger partial charge in [0.25, 0.3) is 0 Å². The van der Waals surface area contributed by atoms with Gasteiger partial charge in [-0.05, 0) is 23.8 Å². The van der Waals surface area contributed by atoms with E-state index in [1.807, 2.05) is 30.3 Å². The third-order valence-electron chi connectivity index (χ3n) is 3.18. The molecule has 1 N–H and O–H groups in total. The number of benzene rings is 2. The van der Waals surface area contributed by atoms with Crippen LogP contribution in [0.15, 0.2) is 54.6 Å². The first kappa shape index (κ1) is 17.7. The summed E-state index contributed by atoms with van der Waals surface area (Å²) >= 11 is 6.95. The molecule has 0 bridgehead atoms. The molecular weight excluding hydrogens is 426 g/mol. The number of hydrogen-bond acceptors (Lipinski definition) is 3. The summed E-state index contributed by atoms with van der Waals surface area (Å²) in [5.41, 5.74) is 1.91. The summed E-state index contributed by atoms with van der Waals surface area (Å²) in [6.07, 6.45) is 0. The van der Waals surface area contributed by atoms with E-state index < -0.39 is 10.8 Å². The van der Waals surface area contributed by atoms with Gasteiger partial charge >= 0.3 is 5.97 Å². The summed E-state index contributed by atoms with van der Waals surface area (Å²) in [7, 11) is 1.32. The molecular formula is C17H15Br2NO3. The highest BCUT2D eigenvalue weighted by molar-refractivity contribution is 9.12. The fraction of sp³-hybridized carbons (Fsp3) is 0.176. The molecule has 2 rings (SSSR count). The fourth-order valence-corrected chi connectivity index (χ4v) is 2.96. The number of alkyl halides is 2. The van der Waals surface area contributed by atoms with Gasteiger partial charge in [0.05, 0.1) is 17.5 Å². The lowest BCUT2D eigenvalue weighted by molar-refractivity contribution is -0.115. The number of halogens is 2. The van der Waals surface area contributed by atoms with Gasteiger partial charge in [0.2, 0.25) is 5.91 Å². The molecule has 1 amide bonds. The minimum Gasteiger partial charge on any atom is -0.465 e. The predicted octanol–water partition coefficient (Wildman–Crippen LogP) is 4.31. The number of methoxy groups -OCH3 is 1. The molecule has 0 radical (unpaired) electrons. The zero-order chi connectivity index (χ0) is 16.8. The van der Waals surface area contributed by atoms with E-state index in [0.29, 0.717) is 11.3 Å². The Bertz CT molecular complexity index is 691. The lowest BCUT2D eigenvalue weighted by Crippen LogP contribution is -2.26. The van der Waals surface area contributed by atoms with E-state index >= 15 is 0 Å². The summed E-state index contributed by atoms with van der Waals surface area (Å²) in [6.45, 7) is 0. The normalized spacial score (nSPS) is 13.0. The quantitative estimate of drug-likeness (QED) is 0.556. The average Bonchev–Trinajstić information content (AvgIpc) is 2.60. The maximum Gasteiger partial charge on any atom is 0.337 e. The van der Waals surface area contributed by atoms with Crippen LogP contribution >= 0.6 is 31.9 Å². The number of anilines is 1. The Hall–Kier alpha value is -1.66. The molecule has 0 saturated carbocycles. The molecule has 23 heavy (non-hydrogen) atoms. The molecule has 120 valence electrons. The summed E-state index contributed by atoms with van der Waals surface area (Å²) in [4.78, 5) is 23.3. The van der Waals surface area contributed by atoms with E-state index in [2.05, 4.69) is 41.9 Å². The number of esters is 1. The second-order valence-electron chi connectivity index (χ2n) is 4.78. The van der Waals surface area contributed by atoms with Crippen molar-refractivity contribution in [3.8, 4) is 0 Å². The Morgan fingerprint density at radius 1 is 1.04 bits per heavy atom. The fourth-order valence-electron chi connectivity index (χ4n) is 1.99. The van der Waals surface area contributed by atoms with Crippen molar-refractivity contribution in [3.63, 3.8) is 0 Å². The molecule has 0 aliphatic carbocycles. The summed E-state index contributed by atoms with van der Waals surface area (Å²) in [5, 5.41) is 2.79. The van der Waals surface area contributed by atoms with Crippen molar-refractivity contribution in [2.75, 3.05) is 12.4 Å². The topological polar surface area (TPSA) is 55.4 Å². The van der Waals surface area contributed by atoms with Crippen molar-refractivity contribution >= 4 is 49.4 Å². The van der Waals surface area contributed by atoms with E-state index in [1.165, 1.54) is 7.11 Å². The standard InChI is InChI=1S/C17H15Br2NO3/c1-23-17(22)12-8-5-9-13(10-12)20-16(21)15(19)14(18)11-6-3-2-4-7-11/h2-10,14-15H,1H3,(H,20,21)/t14-,15-/m0/s1. The molecule has 4 nitrogen and oxygen atoms in total. The van der Waals surface area contributed by atoms with Crippen molar-refractivity contribution in [3.05, 3.63) is 65.7 Å². The van der Waals surface area contributed by atoms with E-state index in [1.54, 1.807) is 24.3 Å². The number of hydrogen-bond donors (Lipinski definition) is 1. The average molecular weight is 441 g/mol. The molecule has 0 fully saturated rings. The molecule has 0 heterocycles. The number of carbonyl (C=O) groups is 2. The predicted molar refractivity (Wildman–Crippen MR) is 97.2 cm³/mol. The van der Waals surface area contributed by atoms with Crippen molar-refractivity contribution in [2.24, 2.45) is 0 Å². The monoisotopic (exact) mass is 439 g/mol. The van der Waals surface area contributed by atoms with Gasteiger partial charge in [-0.1, -0.05) is 68.3 Å².